The van der Waals surface area contributed by atoms with Gasteiger partial charge < -0.3 is 28.4 Å². The number of nitrogens with two attached hydrogens (primary N) is 1. The van der Waals surface area contributed by atoms with Crippen LogP contribution in [-0.2, 0) is 64.2 Å². The van der Waals surface area contributed by atoms with Crippen LogP contribution < -0.4 is 5.14 Å². The number of benzene rings is 1. The molecule has 5 atom stereocenters. The minimum atomic E-state index is -3.95. The van der Waals surface area contributed by atoms with Crippen molar-refractivity contribution in [3.8, 4) is 0 Å². The number of ether oxygens (including phenoxy) is 6. The van der Waals surface area contributed by atoms with Gasteiger partial charge in [0.25, 0.3) is 0 Å². The maximum atomic E-state index is 12.4. The fourth-order valence-corrected chi connectivity index (χ4v) is 4.44. The van der Waals surface area contributed by atoms with Gasteiger partial charge in [0.05, 0.1) is 16.7 Å². The summed E-state index contributed by atoms with van der Waals surface area (Å²) in [5.41, 5.74) is 0.145. The molecule has 2 aromatic rings. The Bertz CT molecular complexity index is 1440. The fourth-order valence-electron chi connectivity index (χ4n) is 3.93. The van der Waals surface area contributed by atoms with Crippen molar-refractivity contribution in [2.75, 3.05) is 6.61 Å². The number of rotatable bonds is 10. The Labute approximate surface area is 239 Å². The second-order valence-electron chi connectivity index (χ2n) is 8.93. The number of sulfonamides is 1. The highest BCUT2D eigenvalue weighted by Gasteiger charge is 2.53. The van der Waals surface area contributed by atoms with Crippen molar-refractivity contribution in [3.63, 3.8) is 0 Å². The Morgan fingerprint density at radius 1 is 0.857 bits per heavy atom. The molecular weight excluding hydrogens is 584 g/mol. The van der Waals surface area contributed by atoms with Gasteiger partial charge in [-0.3, -0.25) is 19.2 Å². The van der Waals surface area contributed by atoms with Gasteiger partial charge in [0.15, 0.2) is 24.5 Å². The van der Waals surface area contributed by atoms with Crippen LogP contribution in [0.4, 0.5) is 0 Å². The second-order valence-corrected chi connectivity index (χ2v) is 10.5. The molecule has 1 aliphatic rings. The summed E-state index contributed by atoms with van der Waals surface area (Å²) in [7, 11) is -3.95. The molecule has 42 heavy (non-hydrogen) atoms. The van der Waals surface area contributed by atoms with Crippen LogP contribution in [0.3, 0.4) is 0 Å². The van der Waals surface area contributed by atoms with Crippen LogP contribution in [0.1, 0.15) is 50.0 Å². The van der Waals surface area contributed by atoms with Crippen LogP contribution in [0, 0.1) is 0 Å². The first-order valence-electron chi connectivity index (χ1n) is 12.2. The molecule has 228 valence electrons. The maximum Gasteiger partial charge on any atom is 0.338 e. The molecular formula is C24H28N4O13S. The van der Waals surface area contributed by atoms with Crippen LogP contribution in [0.5, 0.6) is 0 Å². The highest BCUT2D eigenvalue weighted by atomic mass is 32.2. The average Bonchev–Trinajstić information content (AvgIpc) is 3.36. The molecule has 0 amide bonds. The van der Waals surface area contributed by atoms with E-state index in [2.05, 4.69) is 10.3 Å². The number of nitrogens with zero attached hydrogens (tertiary/aromatic N) is 3. The van der Waals surface area contributed by atoms with Crippen LogP contribution >= 0.6 is 0 Å². The molecule has 0 aliphatic carbocycles. The van der Waals surface area contributed by atoms with Crippen molar-refractivity contribution in [2.24, 2.45) is 5.14 Å². The van der Waals surface area contributed by atoms with E-state index in [9.17, 15) is 32.4 Å². The zero-order valence-corrected chi connectivity index (χ0v) is 23.6. The summed E-state index contributed by atoms with van der Waals surface area (Å²) < 4.78 is 56.2. The number of esters is 5. The SMILES string of the molecule is CC(=O)OC[C@H]1O[C@@H](n2cc(COC(=O)c3ccc(S(N)(=O)=O)cc3)nn2)[C@H](OC(C)=O)[C@@H](OC(C)=O)[C@@H]1OC(C)=O. The highest BCUT2D eigenvalue weighted by molar-refractivity contribution is 7.89. The largest absolute Gasteiger partial charge is 0.463 e. The first-order valence-corrected chi connectivity index (χ1v) is 13.7. The Hall–Kier alpha value is -4.42. The third kappa shape index (κ3) is 8.54. The normalized spacial score (nSPS) is 22.0. The van der Waals surface area contributed by atoms with Crippen molar-refractivity contribution in [3.05, 3.63) is 41.7 Å². The molecule has 1 aromatic carbocycles. The molecule has 17 nitrogen and oxygen atoms in total. The summed E-state index contributed by atoms with van der Waals surface area (Å²) in [6.07, 6.45) is -5.44. The Kier molecular flexibility index (Phi) is 10.3. The molecule has 0 spiro atoms. The van der Waals surface area contributed by atoms with Gasteiger partial charge in [-0.05, 0) is 24.3 Å². The number of hydrogen-bond acceptors (Lipinski definition) is 15. The Balaban J connectivity index is 1.86. The predicted molar refractivity (Wildman–Crippen MR) is 134 cm³/mol. The lowest BCUT2D eigenvalue weighted by Crippen LogP contribution is -2.60. The Morgan fingerprint density at radius 3 is 1.98 bits per heavy atom. The van der Waals surface area contributed by atoms with Crippen molar-refractivity contribution in [2.45, 2.75) is 69.8 Å². The van der Waals surface area contributed by atoms with Gasteiger partial charge in [-0.2, -0.15) is 0 Å². The lowest BCUT2D eigenvalue weighted by atomic mass is 9.97. The number of carbonyl (C=O) groups excluding carboxylic acids is 5. The van der Waals surface area contributed by atoms with E-state index in [1.54, 1.807) is 0 Å². The summed E-state index contributed by atoms with van der Waals surface area (Å²) in [6.45, 7) is 3.60. The van der Waals surface area contributed by atoms with Gasteiger partial charge in [-0.25, -0.2) is 23.0 Å². The van der Waals surface area contributed by atoms with E-state index in [1.165, 1.54) is 18.3 Å². The predicted octanol–water partition coefficient (Wildman–Crippen LogP) is -0.462. The summed E-state index contributed by atoms with van der Waals surface area (Å²) in [5, 5.41) is 12.9. The lowest BCUT2D eigenvalue weighted by Gasteiger charge is -2.44. The van der Waals surface area contributed by atoms with Crippen LogP contribution in [0.2, 0.25) is 0 Å². The monoisotopic (exact) mass is 612 g/mol. The topological polar surface area (TPSA) is 232 Å². The van der Waals surface area contributed by atoms with Gasteiger partial charge in [0.2, 0.25) is 10.0 Å². The molecule has 1 aliphatic heterocycles. The van der Waals surface area contributed by atoms with Crippen LogP contribution in [-0.4, -0.2) is 84.3 Å². The zero-order valence-electron chi connectivity index (χ0n) is 22.8. The quantitative estimate of drug-likeness (QED) is 0.264. The lowest BCUT2D eigenvalue weighted by molar-refractivity contribution is -0.270. The van der Waals surface area contributed by atoms with E-state index in [1.807, 2.05) is 0 Å². The van der Waals surface area contributed by atoms with E-state index in [-0.39, 0.29) is 22.8 Å². The van der Waals surface area contributed by atoms with Gasteiger partial charge in [-0.1, -0.05) is 5.21 Å². The van der Waals surface area contributed by atoms with Gasteiger partial charge >= 0.3 is 29.8 Å². The van der Waals surface area contributed by atoms with Gasteiger partial charge in [0, 0.05) is 27.7 Å². The molecule has 1 aromatic heterocycles. The molecule has 0 unspecified atom stereocenters. The van der Waals surface area contributed by atoms with Crippen molar-refractivity contribution in [1.29, 1.82) is 0 Å². The second kappa shape index (κ2) is 13.5. The molecule has 1 fully saturated rings. The summed E-state index contributed by atoms with van der Waals surface area (Å²) in [6, 6.07) is 4.73. The fraction of sp³-hybridized carbons (Fsp3) is 0.458. The number of carbonyl (C=O) groups is 5. The summed E-state index contributed by atoms with van der Waals surface area (Å²) in [4.78, 5) is 59.6. The molecule has 2 N–H and O–H groups in total. The van der Waals surface area contributed by atoms with E-state index in [0.29, 0.717) is 0 Å². The smallest absolute Gasteiger partial charge is 0.338 e. The van der Waals surface area contributed by atoms with E-state index in [4.69, 9.17) is 33.6 Å². The molecule has 18 heteroatoms. The van der Waals surface area contributed by atoms with Crippen molar-refractivity contribution in [1.82, 2.24) is 15.0 Å². The van der Waals surface area contributed by atoms with E-state index >= 15 is 0 Å². The van der Waals surface area contributed by atoms with E-state index in [0.717, 1.165) is 44.5 Å². The third-order valence-corrected chi connectivity index (χ3v) is 6.48. The minimum absolute atomic E-state index is 0.0365. The van der Waals surface area contributed by atoms with Crippen LogP contribution in [0.25, 0.3) is 0 Å². The van der Waals surface area contributed by atoms with Crippen LogP contribution in [0.15, 0.2) is 35.4 Å². The van der Waals surface area contributed by atoms with E-state index < -0.39 is 77.1 Å². The highest BCUT2D eigenvalue weighted by Crippen LogP contribution is 2.34. The molecule has 3 rings (SSSR count). The molecule has 2 heterocycles. The number of aromatic nitrogens is 3. The summed E-state index contributed by atoms with van der Waals surface area (Å²) >= 11 is 0. The molecule has 1 saturated heterocycles. The Morgan fingerprint density at radius 2 is 1.43 bits per heavy atom. The van der Waals surface area contributed by atoms with Gasteiger partial charge in [0.1, 0.15) is 25.0 Å². The average molecular weight is 613 g/mol. The maximum absolute atomic E-state index is 12.4. The zero-order chi connectivity index (χ0) is 31.2. The molecule has 0 bridgehead atoms. The number of primary sulfonamides is 1. The summed E-state index contributed by atoms with van der Waals surface area (Å²) in [5.74, 6) is -3.86. The van der Waals surface area contributed by atoms with Gasteiger partial charge in [-0.15, -0.1) is 5.10 Å². The first kappa shape index (κ1) is 32.1. The molecule has 0 saturated carbocycles. The molecule has 0 radical (unpaired) electrons. The first-order chi connectivity index (χ1) is 19.6. The minimum Gasteiger partial charge on any atom is -0.463 e. The van der Waals surface area contributed by atoms with Crippen molar-refractivity contribution < 1.29 is 60.8 Å². The standard InChI is InChI=1S/C24H28N4O13S/c1-12(29)36-11-19-20(38-13(2)30)21(39-14(3)31)22(40-15(4)32)23(41-19)28-9-17(26-27-28)10-37-24(33)16-5-7-18(8-6-16)42(25,34)35/h5-9,19-23H,10-11H2,1-4H3,(H2,25,34,35)/t19-,20-,21+,22-,23-/m1/s1. The third-order valence-electron chi connectivity index (χ3n) is 5.55. The van der Waals surface area contributed by atoms with Crippen molar-refractivity contribution >= 4 is 39.9 Å². The number of hydrogen-bond donors (Lipinski definition) is 1.